The molecule has 0 saturated carbocycles. The molecule has 1 aliphatic rings. The lowest BCUT2D eigenvalue weighted by atomic mass is 9.66. The molecule has 23 heavy (non-hydrogen) atoms. The van der Waals surface area contributed by atoms with Crippen LogP contribution in [0.3, 0.4) is 0 Å². The minimum absolute atomic E-state index is 0.216. The monoisotopic (exact) mass is 382 g/mol. The highest BCUT2D eigenvalue weighted by molar-refractivity contribution is 9.10. The molecule has 0 aliphatic carbocycles. The van der Waals surface area contributed by atoms with E-state index in [4.69, 9.17) is 14.0 Å². The van der Waals surface area contributed by atoms with Crippen LogP contribution in [0, 0.1) is 0 Å². The van der Waals surface area contributed by atoms with Crippen LogP contribution in [0.2, 0.25) is 0 Å². The van der Waals surface area contributed by atoms with Gasteiger partial charge in [0.1, 0.15) is 0 Å². The van der Waals surface area contributed by atoms with Gasteiger partial charge in [0.2, 0.25) is 0 Å². The summed E-state index contributed by atoms with van der Waals surface area (Å²) in [6.45, 7) is 10.2. The van der Waals surface area contributed by atoms with Gasteiger partial charge in [-0.3, -0.25) is 4.79 Å². The van der Waals surface area contributed by atoms with E-state index in [9.17, 15) is 4.79 Å². The van der Waals surface area contributed by atoms with Crippen molar-refractivity contribution in [2.75, 3.05) is 6.61 Å². The first-order valence-electron chi connectivity index (χ1n) is 7.93. The molecule has 2 rings (SSSR count). The van der Waals surface area contributed by atoms with Gasteiger partial charge in [0, 0.05) is 10.3 Å². The van der Waals surface area contributed by atoms with E-state index in [1.54, 1.807) is 6.92 Å². The fourth-order valence-corrected chi connectivity index (χ4v) is 3.16. The third kappa shape index (κ3) is 3.98. The highest BCUT2D eigenvalue weighted by atomic mass is 79.9. The van der Waals surface area contributed by atoms with Crippen molar-refractivity contribution in [1.29, 1.82) is 0 Å². The molecule has 1 unspecified atom stereocenters. The van der Waals surface area contributed by atoms with Crippen LogP contribution in [0.5, 0.6) is 0 Å². The van der Waals surface area contributed by atoms with Gasteiger partial charge in [-0.25, -0.2) is 0 Å². The van der Waals surface area contributed by atoms with Crippen LogP contribution >= 0.6 is 15.9 Å². The Morgan fingerprint density at radius 2 is 1.78 bits per heavy atom. The summed E-state index contributed by atoms with van der Waals surface area (Å²) in [6.07, 6.45) is 0.216. The molecule has 126 valence electrons. The number of hydrogen-bond donors (Lipinski definition) is 0. The summed E-state index contributed by atoms with van der Waals surface area (Å²) in [5.41, 5.74) is 0.108. The number of ether oxygens (including phenoxy) is 1. The van der Waals surface area contributed by atoms with Crippen molar-refractivity contribution in [2.24, 2.45) is 0 Å². The van der Waals surface area contributed by atoms with Crippen LogP contribution < -0.4 is 0 Å². The van der Waals surface area contributed by atoms with Crippen molar-refractivity contribution in [3.63, 3.8) is 0 Å². The zero-order valence-electron chi connectivity index (χ0n) is 14.4. The van der Waals surface area contributed by atoms with E-state index in [-0.39, 0.29) is 18.2 Å². The van der Waals surface area contributed by atoms with E-state index >= 15 is 0 Å². The third-order valence-corrected chi connectivity index (χ3v) is 5.32. The normalized spacial score (nSPS) is 20.3. The molecule has 1 aromatic rings. The van der Waals surface area contributed by atoms with Crippen molar-refractivity contribution < 1.29 is 18.8 Å². The number of hydrogen-bond acceptors (Lipinski definition) is 4. The molecule has 1 fully saturated rings. The predicted octanol–water partition coefficient (Wildman–Crippen LogP) is 4.12. The van der Waals surface area contributed by atoms with Crippen molar-refractivity contribution in [3.05, 3.63) is 34.3 Å². The van der Waals surface area contributed by atoms with Gasteiger partial charge in [0.15, 0.2) is 0 Å². The Morgan fingerprint density at radius 3 is 2.30 bits per heavy atom. The molecule has 4 nitrogen and oxygen atoms in total. The fourth-order valence-electron chi connectivity index (χ4n) is 2.58. The Hall–Kier alpha value is -0.845. The summed E-state index contributed by atoms with van der Waals surface area (Å²) < 4.78 is 18.4. The average molecular weight is 383 g/mol. The molecular formula is C17H24BBrO4. The van der Waals surface area contributed by atoms with Gasteiger partial charge in [0.25, 0.3) is 0 Å². The lowest BCUT2D eigenvalue weighted by molar-refractivity contribution is -0.143. The first kappa shape index (κ1) is 18.5. The molecule has 0 amide bonds. The summed E-state index contributed by atoms with van der Waals surface area (Å²) in [5, 5.41) is 0. The number of benzene rings is 1. The maximum atomic E-state index is 12.1. The maximum Gasteiger partial charge on any atom is 0.466 e. The quantitative estimate of drug-likeness (QED) is 0.567. The van der Waals surface area contributed by atoms with Crippen molar-refractivity contribution in [2.45, 2.75) is 58.1 Å². The maximum absolute atomic E-state index is 12.1. The van der Waals surface area contributed by atoms with E-state index in [0.29, 0.717) is 6.61 Å². The van der Waals surface area contributed by atoms with Crippen molar-refractivity contribution >= 4 is 29.0 Å². The van der Waals surface area contributed by atoms with Crippen molar-refractivity contribution in [1.82, 2.24) is 0 Å². The molecule has 0 bridgehead atoms. The SMILES string of the molecule is CCOC(=O)CC(B1OC(C)(C)C(C)(C)O1)c1ccccc1Br. The molecule has 1 aromatic carbocycles. The molecule has 0 spiro atoms. The lowest BCUT2D eigenvalue weighted by Gasteiger charge is -2.32. The highest BCUT2D eigenvalue weighted by Crippen LogP contribution is 2.42. The third-order valence-electron chi connectivity index (χ3n) is 4.60. The summed E-state index contributed by atoms with van der Waals surface area (Å²) in [6, 6.07) is 7.83. The number of esters is 1. The Morgan fingerprint density at radius 1 is 1.22 bits per heavy atom. The average Bonchev–Trinajstić information content (AvgIpc) is 2.66. The molecular weight excluding hydrogens is 359 g/mol. The second-order valence-electron chi connectivity index (χ2n) is 6.76. The lowest BCUT2D eigenvalue weighted by Crippen LogP contribution is -2.41. The van der Waals surface area contributed by atoms with Gasteiger partial charge in [0.05, 0.1) is 24.2 Å². The summed E-state index contributed by atoms with van der Waals surface area (Å²) in [4.78, 5) is 12.1. The highest BCUT2D eigenvalue weighted by Gasteiger charge is 2.54. The standard InChI is InChI=1S/C17H24BBrO4/c1-6-21-15(20)11-13(12-9-7-8-10-14(12)19)18-22-16(2,3)17(4,5)23-18/h7-10,13H,6,11H2,1-5H3. The minimum Gasteiger partial charge on any atom is -0.466 e. The molecule has 1 aliphatic heterocycles. The first-order chi connectivity index (χ1) is 10.7. The van der Waals surface area contributed by atoms with Gasteiger partial charge in [-0.1, -0.05) is 34.1 Å². The molecule has 1 heterocycles. The predicted molar refractivity (Wildman–Crippen MR) is 94.2 cm³/mol. The van der Waals surface area contributed by atoms with Crippen LogP contribution in [-0.4, -0.2) is 30.9 Å². The van der Waals surface area contributed by atoms with Gasteiger partial charge >= 0.3 is 13.1 Å². The topological polar surface area (TPSA) is 44.8 Å². The Balaban J connectivity index is 2.32. The van der Waals surface area contributed by atoms with E-state index in [1.165, 1.54) is 0 Å². The van der Waals surface area contributed by atoms with Crippen LogP contribution in [0.15, 0.2) is 28.7 Å². The minimum atomic E-state index is -0.497. The van der Waals surface area contributed by atoms with Gasteiger partial charge < -0.3 is 14.0 Å². The Kier molecular flexibility index (Phi) is 5.59. The summed E-state index contributed by atoms with van der Waals surface area (Å²) in [5.74, 6) is -0.478. The van der Waals surface area contributed by atoms with Crippen LogP contribution in [0.25, 0.3) is 0 Å². The van der Waals surface area contributed by atoms with Gasteiger partial charge in [-0.05, 0) is 46.2 Å². The van der Waals surface area contributed by atoms with Crippen LogP contribution in [0.4, 0.5) is 0 Å². The number of halogens is 1. The Bertz CT molecular complexity index is 557. The zero-order valence-corrected chi connectivity index (χ0v) is 16.0. The van der Waals surface area contributed by atoms with Gasteiger partial charge in [-0.2, -0.15) is 0 Å². The molecule has 0 radical (unpaired) electrons. The van der Waals surface area contributed by atoms with Gasteiger partial charge in [-0.15, -0.1) is 0 Å². The second kappa shape index (κ2) is 6.95. The Labute approximate surface area is 147 Å². The van der Waals surface area contributed by atoms with E-state index < -0.39 is 18.3 Å². The number of carbonyl (C=O) groups excluding carboxylic acids is 1. The summed E-state index contributed by atoms with van der Waals surface area (Å²) in [7, 11) is -0.497. The van der Waals surface area contributed by atoms with Crippen molar-refractivity contribution in [3.8, 4) is 0 Å². The smallest absolute Gasteiger partial charge is 0.466 e. The molecule has 0 aromatic heterocycles. The van der Waals surface area contributed by atoms with Crippen LogP contribution in [-0.2, 0) is 18.8 Å². The molecule has 6 heteroatoms. The molecule has 0 N–H and O–H groups in total. The van der Waals surface area contributed by atoms with Crippen LogP contribution in [0.1, 0.15) is 52.4 Å². The van der Waals surface area contributed by atoms with E-state index in [1.807, 2.05) is 52.0 Å². The summed E-state index contributed by atoms with van der Waals surface area (Å²) >= 11 is 3.57. The molecule has 1 saturated heterocycles. The zero-order chi connectivity index (χ0) is 17.3. The number of rotatable bonds is 5. The largest absolute Gasteiger partial charge is 0.466 e. The second-order valence-corrected chi connectivity index (χ2v) is 7.62. The van der Waals surface area contributed by atoms with E-state index in [0.717, 1.165) is 10.0 Å². The first-order valence-corrected chi connectivity index (χ1v) is 8.73. The fraction of sp³-hybridized carbons (Fsp3) is 0.588. The van der Waals surface area contributed by atoms with E-state index in [2.05, 4.69) is 15.9 Å². The number of carbonyl (C=O) groups is 1. The molecule has 1 atom stereocenters.